The molecule has 1 saturated heterocycles. The van der Waals surface area contributed by atoms with Crippen LogP contribution < -0.4 is 5.32 Å². The van der Waals surface area contributed by atoms with Crippen LogP contribution in [0.5, 0.6) is 0 Å². The Morgan fingerprint density at radius 2 is 1.80 bits per heavy atom. The predicted molar refractivity (Wildman–Crippen MR) is 117 cm³/mol. The second-order valence-corrected chi connectivity index (χ2v) is 10.1. The first-order valence-electron chi connectivity index (χ1n) is 9.33. The Hall–Kier alpha value is -1.35. The third kappa shape index (κ3) is 6.09. The average molecular weight is 492 g/mol. The summed E-state index contributed by atoms with van der Waals surface area (Å²) >= 11 is 18.1. The van der Waals surface area contributed by atoms with Crippen molar-refractivity contribution < 1.29 is 17.9 Å². The number of sulfonamides is 1. The van der Waals surface area contributed by atoms with Crippen molar-refractivity contribution in [1.82, 2.24) is 9.62 Å². The van der Waals surface area contributed by atoms with Gasteiger partial charge >= 0.3 is 0 Å². The fourth-order valence-corrected chi connectivity index (χ4v) is 5.04. The molecule has 1 aliphatic heterocycles. The van der Waals surface area contributed by atoms with Crippen LogP contribution in [-0.4, -0.2) is 44.4 Å². The quantitative estimate of drug-likeness (QED) is 0.602. The molecule has 0 saturated carbocycles. The summed E-state index contributed by atoms with van der Waals surface area (Å²) in [5.41, 5.74) is 0.533. The summed E-state index contributed by atoms with van der Waals surface area (Å²) in [5, 5.41) is 3.92. The van der Waals surface area contributed by atoms with Crippen molar-refractivity contribution in [3.63, 3.8) is 0 Å². The average Bonchev–Trinajstić information content (AvgIpc) is 3.22. The molecule has 1 atom stereocenters. The summed E-state index contributed by atoms with van der Waals surface area (Å²) < 4.78 is 33.0. The van der Waals surface area contributed by atoms with Crippen molar-refractivity contribution in [1.29, 1.82) is 0 Å². The van der Waals surface area contributed by atoms with E-state index in [1.165, 1.54) is 30.3 Å². The Balaban J connectivity index is 1.81. The molecule has 3 rings (SSSR count). The first kappa shape index (κ1) is 23.3. The van der Waals surface area contributed by atoms with E-state index in [4.69, 9.17) is 39.5 Å². The van der Waals surface area contributed by atoms with Gasteiger partial charge in [-0.15, -0.1) is 0 Å². The Kier molecular flexibility index (Phi) is 8.01. The number of amides is 1. The molecule has 1 aliphatic rings. The number of rotatable bonds is 8. The summed E-state index contributed by atoms with van der Waals surface area (Å²) in [6.07, 6.45) is 1.78. The second kappa shape index (κ2) is 10.3. The molecule has 6 nitrogen and oxygen atoms in total. The molecule has 10 heteroatoms. The van der Waals surface area contributed by atoms with Gasteiger partial charge < -0.3 is 10.1 Å². The van der Waals surface area contributed by atoms with Gasteiger partial charge in [0.05, 0.1) is 17.5 Å². The molecule has 1 amide bonds. The Labute approximate surface area is 191 Å². The van der Waals surface area contributed by atoms with Crippen molar-refractivity contribution in [3.05, 3.63) is 63.1 Å². The van der Waals surface area contributed by atoms with Crippen molar-refractivity contribution >= 4 is 50.7 Å². The highest BCUT2D eigenvalue weighted by molar-refractivity contribution is 7.89. The number of halogens is 3. The molecular weight excluding hydrogens is 471 g/mol. The molecule has 1 heterocycles. The fraction of sp³-hybridized carbons (Fsp3) is 0.350. The fourth-order valence-electron chi connectivity index (χ4n) is 3.07. The van der Waals surface area contributed by atoms with Crippen LogP contribution in [0.3, 0.4) is 0 Å². The molecule has 0 bridgehead atoms. The number of carbonyl (C=O) groups is 1. The van der Waals surface area contributed by atoms with Gasteiger partial charge in [0.25, 0.3) is 0 Å². The molecule has 2 aromatic rings. The molecule has 1 N–H and O–H groups in total. The first-order chi connectivity index (χ1) is 14.3. The minimum absolute atomic E-state index is 0.0314. The monoisotopic (exact) mass is 490 g/mol. The summed E-state index contributed by atoms with van der Waals surface area (Å²) in [6, 6.07) is 10.6. The first-order valence-corrected chi connectivity index (χ1v) is 11.9. The predicted octanol–water partition coefficient (Wildman–Crippen LogP) is 4.13. The lowest BCUT2D eigenvalue weighted by molar-refractivity contribution is -0.121. The molecule has 0 radical (unpaired) electrons. The summed E-state index contributed by atoms with van der Waals surface area (Å²) in [7, 11) is -3.98. The van der Waals surface area contributed by atoms with Gasteiger partial charge in [0.1, 0.15) is 0 Å². The Bertz CT molecular complexity index is 994. The number of ether oxygens (including phenoxy) is 1. The highest BCUT2D eigenvalue weighted by Gasteiger charge is 2.28. The van der Waals surface area contributed by atoms with Gasteiger partial charge in [-0.3, -0.25) is 4.79 Å². The molecule has 0 aliphatic carbocycles. The second-order valence-electron chi connectivity index (χ2n) is 6.90. The van der Waals surface area contributed by atoms with Crippen molar-refractivity contribution in [2.45, 2.75) is 30.4 Å². The SMILES string of the molecule is O=C(CN(Cc1ccc(Cl)cc1Cl)S(=O)(=O)c1ccc(Cl)cc1)NC[C@@H]1CCCO1. The van der Waals surface area contributed by atoms with E-state index in [0.717, 1.165) is 17.1 Å². The maximum atomic E-state index is 13.2. The van der Waals surface area contributed by atoms with Crippen LogP contribution in [0.2, 0.25) is 15.1 Å². The van der Waals surface area contributed by atoms with E-state index < -0.39 is 15.9 Å². The van der Waals surface area contributed by atoms with Gasteiger partial charge in [-0.25, -0.2) is 8.42 Å². The lowest BCUT2D eigenvalue weighted by atomic mass is 10.2. The van der Waals surface area contributed by atoms with E-state index in [9.17, 15) is 13.2 Å². The Morgan fingerprint density at radius 1 is 1.10 bits per heavy atom. The van der Waals surface area contributed by atoms with Gasteiger partial charge in [0, 0.05) is 34.8 Å². The van der Waals surface area contributed by atoms with Crippen LogP contribution in [0.4, 0.5) is 0 Å². The van der Waals surface area contributed by atoms with Crippen LogP contribution in [0.1, 0.15) is 18.4 Å². The summed E-state index contributed by atoms with van der Waals surface area (Å²) in [5.74, 6) is -0.423. The molecule has 30 heavy (non-hydrogen) atoms. The Morgan fingerprint density at radius 3 is 2.43 bits per heavy atom. The normalized spacial score (nSPS) is 16.7. The van der Waals surface area contributed by atoms with Gasteiger partial charge in [-0.2, -0.15) is 4.31 Å². The molecule has 0 aromatic heterocycles. The molecular formula is C20H21Cl3N2O4S. The standard InChI is InChI=1S/C20H21Cl3N2O4S/c21-15-5-7-18(8-6-15)30(27,28)25(12-14-3-4-16(22)10-19(14)23)13-20(26)24-11-17-2-1-9-29-17/h3-8,10,17H,1-2,9,11-13H2,(H,24,26)/t17-/m0/s1. The maximum Gasteiger partial charge on any atom is 0.243 e. The lowest BCUT2D eigenvalue weighted by Crippen LogP contribution is -2.42. The van der Waals surface area contributed by atoms with E-state index in [-0.39, 0.29) is 24.1 Å². The largest absolute Gasteiger partial charge is 0.376 e. The van der Waals surface area contributed by atoms with Crippen LogP contribution in [0.25, 0.3) is 0 Å². The lowest BCUT2D eigenvalue weighted by Gasteiger charge is -2.23. The van der Waals surface area contributed by atoms with Crippen molar-refractivity contribution in [3.8, 4) is 0 Å². The van der Waals surface area contributed by atoms with E-state index in [2.05, 4.69) is 5.32 Å². The highest BCUT2D eigenvalue weighted by Crippen LogP contribution is 2.25. The highest BCUT2D eigenvalue weighted by atomic mass is 35.5. The number of carbonyl (C=O) groups excluding carboxylic acids is 1. The maximum absolute atomic E-state index is 13.2. The molecule has 0 spiro atoms. The number of nitrogens with zero attached hydrogens (tertiary/aromatic N) is 1. The minimum atomic E-state index is -3.98. The van der Waals surface area contributed by atoms with Crippen LogP contribution in [-0.2, 0) is 26.1 Å². The summed E-state index contributed by atoms with van der Waals surface area (Å²) in [6.45, 7) is 0.562. The van der Waals surface area contributed by atoms with Crippen molar-refractivity contribution in [2.75, 3.05) is 19.7 Å². The van der Waals surface area contributed by atoms with Crippen LogP contribution in [0, 0.1) is 0 Å². The third-order valence-electron chi connectivity index (χ3n) is 4.68. The van der Waals surface area contributed by atoms with Crippen LogP contribution >= 0.6 is 34.8 Å². The van der Waals surface area contributed by atoms with Gasteiger partial charge in [0.2, 0.25) is 15.9 Å². The molecule has 0 unspecified atom stereocenters. The van der Waals surface area contributed by atoms with E-state index in [1.54, 1.807) is 12.1 Å². The third-order valence-corrected chi connectivity index (χ3v) is 7.33. The molecule has 162 valence electrons. The smallest absolute Gasteiger partial charge is 0.243 e. The van der Waals surface area contributed by atoms with E-state index in [1.807, 2.05) is 0 Å². The molecule has 1 fully saturated rings. The zero-order valence-corrected chi connectivity index (χ0v) is 19.1. The van der Waals surface area contributed by atoms with E-state index in [0.29, 0.717) is 33.8 Å². The van der Waals surface area contributed by atoms with Gasteiger partial charge in [0.15, 0.2) is 0 Å². The van der Waals surface area contributed by atoms with Crippen molar-refractivity contribution in [2.24, 2.45) is 0 Å². The van der Waals surface area contributed by atoms with Gasteiger partial charge in [-0.05, 0) is 54.8 Å². The number of hydrogen-bond donors (Lipinski definition) is 1. The number of nitrogens with one attached hydrogen (secondary N) is 1. The number of hydrogen-bond acceptors (Lipinski definition) is 4. The zero-order valence-electron chi connectivity index (χ0n) is 16.0. The topological polar surface area (TPSA) is 75.7 Å². The number of benzene rings is 2. The van der Waals surface area contributed by atoms with Gasteiger partial charge in [-0.1, -0.05) is 40.9 Å². The zero-order chi connectivity index (χ0) is 21.7. The van der Waals surface area contributed by atoms with E-state index >= 15 is 0 Å². The van der Waals surface area contributed by atoms with Crippen LogP contribution in [0.15, 0.2) is 47.4 Å². The minimum Gasteiger partial charge on any atom is -0.376 e. The summed E-state index contributed by atoms with van der Waals surface area (Å²) in [4.78, 5) is 12.6. The molecule has 2 aromatic carbocycles.